The van der Waals surface area contributed by atoms with Gasteiger partial charge in [-0.05, 0) is 30.9 Å². The zero-order valence-electron chi connectivity index (χ0n) is 11.5. The molecule has 0 saturated heterocycles. The lowest BCUT2D eigenvalue weighted by Crippen LogP contribution is -2.30. The summed E-state index contributed by atoms with van der Waals surface area (Å²) < 4.78 is 5.53. The fraction of sp³-hybridized carbons (Fsp3) is 0.375. The number of fused-ring (bicyclic) bond motifs is 1. The van der Waals surface area contributed by atoms with Crippen molar-refractivity contribution < 1.29 is 4.74 Å². The lowest BCUT2D eigenvalue weighted by molar-refractivity contribution is 0.153. The normalized spacial score (nSPS) is 16.1. The van der Waals surface area contributed by atoms with E-state index in [0.717, 1.165) is 34.0 Å². The average molecular weight is 286 g/mol. The number of thiocarbonyl (C=S) groups is 1. The highest BCUT2D eigenvalue weighted by atomic mass is 32.1. The van der Waals surface area contributed by atoms with E-state index in [1.807, 2.05) is 24.3 Å². The number of pyridine rings is 1. The molecule has 1 aliphatic carbocycles. The maximum absolute atomic E-state index is 5.53. The Morgan fingerprint density at radius 3 is 2.90 bits per heavy atom. The second-order valence-corrected chi connectivity index (χ2v) is 5.67. The van der Waals surface area contributed by atoms with Crippen LogP contribution in [0.2, 0.25) is 0 Å². The highest BCUT2D eigenvalue weighted by molar-refractivity contribution is 7.80. The van der Waals surface area contributed by atoms with Crippen molar-refractivity contribution in [3.05, 3.63) is 42.1 Å². The van der Waals surface area contributed by atoms with Crippen LogP contribution in [0.25, 0.3) is 10.9 Å². The van der Waals surface area contributed by atoms with Crippen LogP contribution in [0.3, 0.4) is 0 Å². The van der Waals surface area contributed by atoms with Gasteiger partial charge in [0.1, 0.15) is 11.1 Å². The number of rotatable bonds is 5. The number of para-hydroxylation sites is 1. The van der Waals surface area contributed by atoms with Crippen LogP contribution in [0.15, 0.2) is 36.4 Å². The first-order valence-corrected chi connectivity index (χ1v) is 7.35. The van der Waals surface area contributed by atoms with E-state index in [0.29, 0.717) is 0 Å². The van der Waals surface area contributed by atoms with E-state index >= 15 is 0 Å². The van der Waals surface area contributed by atoms with Gasteiger partial charge in [0.15, 0.2) is 0 Å². The molecule has 2 aromatic rings. The van der Waals surface area contributed by atoms with Gasteiger partial charge in [-0.2, -0.15) is 0 Å². The van der Waals surface area contributed by atoms with Crippen LogP contribution in [0.5, 0.6) is 0 Å². The van der Waals surface area contributed by atoms with E-state index in [1.54, 1.807) is 7.11 Å². The quantitative estimate of drug-likeness (QED) is 0.856. The molecule has 0 radical (unpaired) electrons. The van der Waals surface area contributed by atoms with E-state index in [4.69, 9.17) is 17.0 Å². The number of aromatic nitrogens is 1. The maximum Gasteiger partial charge on any atom is 0.149 e. The zero-order valence-corrected chi connectivity index (χ0v) is 12.3. The summed E-state index contributed by atoms with van der Waals surface area (Å²) in [6, 6.07) is 12.1. The van der Waals surface area contributed by atoms with E-state index in [2.05, 4.69) is 22.4 Å². The van der Waals surface area contributed by atoms with Crippen LogP contribution in [0.4, 0.5) is 0 Å². The van der Waals surface area contributed by atoms with Gasteiger partial charge >= 0.3 is 0 Å². The van der Waals surface area contributed by atoms with Crippen LogP contribution >= 0.6 is 12.2 Å². The Morgan fingerprint density at radius 2 is 2.15 bits per heavy atom. The van der Waals surface area contributed by atoms with Crippen molar-refractivity contribution in [1.82, 2.24) is 10.3 Å². The Bertz CT molecular complexity index is 625. The molecule has 3 nitrogen and oxygen atoms in total. The molecule has 3 rings (SSSR count). The molecule has 1 aromatic heterocycles. The van der Waals surface area contributed by atoms with Crippen molar-refractivity contribution in [3.8, 4) is 0 Å². The fourth-order valence-electron chi connectivity index (χ4n) is 2.25. The monoisotopic (exact) mass is 286 g/mol. The summed E-state index contributed by atoms with van der Waals surface area (Å²) in [5.74, 6) is 0.787. The van der Waals surface area contributed by atoms with E-state index in [-0.39, 0.29) is 6.10 Å². The summed E-state index contributed by atoms with van der Waals surface area (Å²) in [5, 5.41) is 4.44. The van der Waals surface area contributed by atoms with Crippen molar-refractivity contribution in [1.29, 1.82) is 0 Å². The number of methoxy groups -OCH3 is 1. The number of hydrogen-bond acceptors (Lipinski definition) is 3. The summed E-state index contributed by atoms with van der Waals surface area (Å²) >= 11 is 5.45. The SMILES string of the molecule is COC(C(=S)NCC1CC1)c1ccc2ccccc2n1. The minimum Gasteiger partial charge on any atom is -0.377 e. The Hall–Kier alpha value is -1.52. The fourth-order valence-corrected chi connectivity index (χ4v) is 2.55. The van der Waals surface area contributed by atoms with Crippen LogP contribution in [0.1, 0.15) is 24.6 Å². The molecule has 1 fully saturated rings. The number of nitrogens with zero attached hydrogens (tertiary/aromatic N) is 1. The third-order valence-corrected chi connectivity index (χ3v) is 3.98. The molecule has 0 bridgehead atoms. The lowest BCUT2D eigenvalue weighted by Gasteiger charge is -2.18. The second-order valence-electron chi connectivity index (χ2n) is 5.23. The van der Waals surface area contributed by atoms with Gasteiger partial charge < -0.3 is 10.1 Å². The Morgan fingerprint density at radius 1 is 1.35 bits per heavy atom. The zero-order chi connectivity index (χ0) is 13.9. The smallest absolute Gasteiger partial charge is 0.149 e. The van der Waals surface area contributed by atoms with Gasteiger partial charge in [0.2, 0.25) is 0 Å². The first kappa shape index (κ1) is 13.5. The van der Waals surface area contributed by atoms with E-state index in [9.17, 15) is 0 Å². The predicted molar refractivity (Wildman–Crippen MR) is 84.8 cm³/mol. The molecule has 0 aliphatic heterocycles. The van der Waals surface area contributed by atoms with Gasteiger partial charge in [-0.1, -0.05) is 36.5 Å². The molecule has 1 aromatic carbocycles. The number of ether oxygens (including phenoxy) is 1. The summed E-state index contributed by atoms with van der Waals surface area (Å²) in [5.41, 5.74) is 1.83. The van der Waals surface area contributed by atoms with Crippen molar-refractivity contribution in [2.75, 3.05) is 13.7 Å². The maximum atomic E-state index is 5.53. The Balaban J connectivity index is 1.80. The highest BCUT2D eigenvalue weighted by Crippen LogP contribution is 2.28. The second kappa shape index (κ2) is 5.85. The van der Waals surface area contributed by atoms with Gasteiger partial charge in [0.25, 0.3) is 0 Å². The summed E-state index contributed by atoms with van der Waals surface area (Å²) in [4.78, 5) is 5.38. The molecule has 1 aliphatic rings. The molecule has 1 heterocycles. The van der Waals surface area contributed by atoms with Gasteiger partial charge in [-0.3, -0.25) is 0 Å². The van der Waals surface area contributed by atoms with Gasteiger partial charge in [-0.25, -0.2) is 4.98 Å². The molecule has 1 saturated carbocycles. The topological polar surface area (TPSA) is 34.1 Å². The molecular weight excluding hydrogens is 268 g/mol. The van der Waals surface area contributed by atoms with Crippen LogP contribution in [-0.4, -0.2) is 23.6 Å². The minimum atomic E-state index is -0.270. The van der Waals surface area contributed by atoms with Crippen molar-refractivity contribution >= 4 is 28.1 Å². The molecule has 1 N–H and O–H groups in total. The lowest BCUT2D eigenvalue weighted by atomic mass is 10.1. The summed E-state index contributed by atoms with van der Waals surface area (Å²) in [6.45, 7) is 0.951. The van der Waals surface area contributed by atoms with Crippen molar-refractivity contribution in [2.24, 2.45) is 5.92 Å². The van der Waals surface area contributed by atoms with Gasteiger partial charge in [0.05, 0.1) is 11.2 Å². The number of hydrogen-bond donors (Lipinski definition) is 1. The average Bonchev–Trinajstić information content (AvgIpc) is 3.30. The molecule has 20 heavy (non-hydrogen) atoms. The van der Waals surface area contributed by atoms with E-state index in [1.165, 1.54) is 12.8 Å². The van der Waals surface area contributed by atoms with Crippen LogP contribution in [0, 0.1) is 5.92 Å². The number of nitrogens with one attached hydrogen (secondary N) is 1. The van der Waals surface area contributed by atoms with Gasteiger partial charge in [0, 0.05) is 19.0 Å². The Kier molecular flexibility index (Phi) is 3.94. The standard InChI is InChI=1S/C16H18N2OS/c1-19-15(16(20)17-10-11-6-7-11)14-9-8-12-4-2-3-5-13(12)18-14/h2-5,8-9,11,15H,6-7,10H2,1H3,(H,17,20). The first-order valence-electron chi connectivity index (χ1n) is 6.94. The first-order chi connectivity index (χ1) is 9.78. The molecule has 0 spiro atoms. The summed E-state index contributed by atoms with van der Waals surface area (Å²) in [7, 11) is 1.67. The van der Waals surface area contributed by atoms with Crippen molar-refractivity contribution in [3.63, 3.8) is 0 Å². The molecule has 1 atom stereocenters. The van der Waals surface area contributed by atoms with Crippen LogP contribution in [-0.2, 0) is 4.74 Å². The molecule has 104 valence electrons. The summed E-state index contributed by atoms with van der Waals surface area (Å²) in [6.07, 6.45) is 2.34. The number of benzene rings is 1. The largest absolute Gasteiger partial charge is 0.377 e. The molecule has 4 heteroatoms. The van der Waals surface area contributed by atoms with Crippen LogP contribution < -0.4 is 5.32 Å². The van der Waals surface area contributed by atoms with Crippen molar-refractivity contribution in [2.45, 2.75) is 18.9 Å². The third-order valence-electron chi connectivity index (χ3n) is 3.62. The third kappa shape index (κ3) is 2.97. The highest BCUT2D eigenvalue weighted by Gasteiger charge is 2.24. The Labute approximate surface area is 124 Å². The molecular formula is C16H18N2OS. The van der Waals surface area contributed by atoms with Gasteiger partial charge in [-0.15, -0.1) is 0 Å². The molecule has 0 amide bonds. The minimum absolute atomic E-state index is 0.270. The van der Waals surface area contributed by atoms with E-state index < -0.39 is 0 Å². The predicted octanol–water partition coefficient (Wildman–Crippen LogP) is 3.25. The molecule has 1 unspecified atom stereocenters.